The normalized spacial score (nSPS) is 11.8. The minimum absolute atomic E-state index is 0.0156. The minimum Gasteiger partial charge on any atom is -0.316 e. The first-order valence-corrected chi connectivity index (χ1v) is 5.93. The van der Waals surface area contributed by atoms with Crippen LogP contribution in [0.4, 0.5) is 0 Å². The van der Waals surface area contributed by atoms with E-state index in [4.69, 9.17) is 12.2 Å². The molecule has 0 fully saturated rings. The molecule has 3 heteroatoms. The van der Waals surface area contributed by atoms with Gasteiger partial charge < -0.3 is 4.57 Å². The summed E-state index contributed by atoms with van der Waals surface area (Å²) in [5, 5.41) is 0. The highest BCUT2D eigenvalue weighted by Crippen LogP contribution is 2.18. The average molecular weight is 224 g/mol. The second kappa shape index (κ2) is 4.44. The molecule has 0 radical (unpaired) electrons. The Morgan fingerprint density at radius 3 is 2.27 bits per heavy atom. The maximum atomic E-state index is 5.36. The fraction of sp³-hybridized carbons (Fsp3) is 0.667. The molecule has 0 amide bonds. The van der Waals surface area contributed by atoms with E-state index in [2.05, 4.69) is 50.2 Å². The maximum absolute atomic E-state index is 5.36. The summed E-state index contributed by atoms with van der Waals surface area (Å²) < 4.78 is 2.86. The van der Waals surface area contributed by atoms with E-state index in [0.29, 0.717) is 4.77 Å². The van der Waals surface area contributed by atoms with E-state index < -0.39 is 0 Å². The Balaban J connectivity index is 3.45. The lowest BCUT2D eigenvalue weighted by Crippen LogP contribution is -2.27. The van der Waals surface area contributed by atoms with Gasteiger partial charge in [-0.15, -0.1) is 0 Å². The highest BCUT2D eigenvalue weighted by atomic mass is 32.1. The van der Waals surface area contributed by atoms with Crippen LogP contribution in [0.25, 0.3) is 0 Å². The van der Waals surface area contributed by atoms with Crippen LogP contribution >= 0.6 is 12.2 Å². The van der Waals surface area contributed by atoms with Gasteiger partial charge in [0.1, 0.15) is 0 Å². The van der Waals surface area contributed by atoms with Gasteiger partial charge in [-0.3, -0.25) is 0 Å². The Labute approximate surface area is 97.4 Å². The Kier molecular flexibility index (Phi) is 3.66. The van der Waals surface area contributed by atoms with Crippen molar-refractivity contribution in [3.05, 3.63) is 22.2 Å². The van der Waals surface area contributed by atoms with Crippen LogP contribution in [0.15, 0.2) is 6.07 Å². The molecule has 0 atom stereocenters. The lowest BCUT2D eigenvalue weighted by Gasteiger charge is -2.26. The summed E-state index contributed by atoms with van der Waals surface area (Å²) in [6, 6.07) is 2.17. The molecule has 1 rings (SSSR count). The van der Waals surface area contributed by atoms with Crippen LogP contribution in [0.5, 0.6) is 0 Å². The van der Waals surface area contributed by atoms with Crippen molar-refractivity contribution in [1.29, 1.82) is 0 Å². The van der Waals surface area contributed by atoms with Crippen molar-refractivity contribution in [3.8, 4) is 0 Å². The van der Waals surface area contributed by atoms with Crippen molar-refractivity contribution in [1.82, 2.24) is 9.55 Å². The number of rotatable bonds is 2. The van der Waals surface area contributed by atoms with Crippen LogP contribution in [0.2, 0.25) is 0 Å². The van der Waals surface area contributed by atoms with E-state index in [-0.39, 0.29) is 5.54 Å². The van der Waals surface area contributed by atoms with Crippen LogP contribution in [0.1, 0.15) is 46.0 Å². The van der Waals surface area contributed by atoms with Gasteiger partial charge in [0.2, 0.25) is 0 Å². The first kappa shape index (κ1) is 12.4. The van der Waals surface area contributed by atoms with Crippen LogP contribution in [0, 0.1) is 4.77 Å². The van der Waals surface area contributed by atoms with Gasteiger partial charge in [-0.05, 0) is 51.9 Å². The Morgan fingerprint density at radius 1 is 1.27 bits per heavy atom. The zero-order chi connectivity index (χ0) is 11.6. The molecule has 1 heterocycles. The molecular formula is C12H20N2S. The van der Waals surface area contributed by atoms with Crippen LogP contribution in [0.3, 0.4) is 0 Å². The molecule has 1 aromatic heterocycles. The predicted molar refractivity (Wildman–Crippen MR) is 66.8 cm³/mol. The number of aryl methyl sites for hydroxylation is 2. The van der Waals surface area contributed by atoms with E-state index in [1.165, 1.54) is 5.69 Å². The van der Waals surface area contributed by atoms with Crippen LogP contribution in [-0.4, -0.2) is 9.55 Å². The molecule has 0 N–H and O–H groups in total. The molecule has 15 heavy (non-hydrogen) atoms. The van der Waals surface area contributed by atoms with E-state index in [0.717, 1.165) is 18.5 Å². The maximum Gasteiger partial charge on any atom is 0.200 e. The number of hydrogen-bond acceptors (Lipinski definition) is 2. The summed E-state index contributed by atoms with van der Waals surface area (Å²) in [6.45, 7) is 10.8. The molecule has 0 aromatic carbocycles. The van der Waals surface area contributed by atoms with Gasteiger partial charge in [0.05, 0.1) is 0 Å². The summed E-state index contributed by atoms with van der Waals surface area (Å²) in [5.41, 5.74) is 2.39. The number of aromatic nitrogens is 2. The van der Waals surface area contributed by atoms with Crippen molar-refractivity contribution in [2.75, 3.05) is 0 Å². The molecule has 0 aliphatic rings. The molecular weight excluding hydrogens is 204 g/mol. The highest BCUT2D eigenvalue weighted by Gasteiger charge is 2.17. The van der Waals surface area contributed by atoms with E-state index in [9.17, 15) is 0 Å². The van der Waals surface area contributed by atoms with Crippen LogP contribution < -0.4 is 0 Å². The summed E-state index contributed by atoms with van der Waals surface area (Å²) in [6.07, 6.45) is 1.94. The zero-order valence-electron chi connectivity index (χ0n) is 10.3. The van der Waals surface area contributed by atoms with Gasteiger partial charge in [-0.1, -0.05) is 13.8 Å². The van der Waals surface area contributed by atoms with Crippen molar-refractivity contribution in [3.63, 3.8) is 0 Å². The molecule has 2 nitrogen and oxygen atoms in total. The van der Waals surface area contributed by atoms with Crippen molar-refractivity contribution in [2.24, 2.45) is 0 Å². The molecule has 0 unspecified atom stereocenters. The van der Waals surface area contributed by atoms with Crippen LogP contribution in [-0.2, 0) is 18.4 Å². The van der Waals surface area contributed by atoms with Crippen molar-refractivity contribution < 1.29 is 0 Å². The van der Waals surface area contributed by atoms with Gasteiger partial charge in [-0.2, -0.15) is 0 Å². The third-order valence-electron chi connectivity index (χ3n) is 2.45. The Morgan fingerprint density at radius 2 is 1.87 bits per heavy atom. The lowest BCUT2D eigenvalue weighted by molar-refractivity contribution is 0.371. The number of nitrogens with zero attached hydrogens (tertiary/aromatic N) is 2. The molecule has 0 aliphatic carbocycles. The molecule has 1 aromatic rings. The van der Waals surface area contributed by atoms with Gasteiger partial charge in [0.25, 0.3) is 0 Å². The first-order chi connectivity index (χ1) is 6.90. The standard InChI is InChI=1S/C12H20N2S/c1-6-9-8-10(7-2)14(11(15)13-9)12(3,4)5/h8H,6-7H2,1-5H3. The van der Waals surface area contributed by atoms with E-state index >= 15 is 0 Å². The SMILES string of the molecule is CCc1cc(CC)n(C(C)(C)C)c(=S)n1. The fourth-order valence-corrected chi connectivity index (χ4v) is 2.25. The van der Waals surface area contributed by atoms with E-state index in [1.54, 1.807) is 0 Å². The van der Waals surface area contributed by atoms with Gasteiger partial charge in [0.15, 0.2) is 4.77 Å². The lowest BCUT2D eigenvalue weighted by atomic mass is 10.1. The summed E-state index contributed by atoms with van der Waals surface area (Å²) >= 11 is 5.36. The third-order valence-corrected chi connectivity index (χ3v) is 2.72. The Hall–Kier alpha value is -0.700. The fourth-order valence-electron chi connectivity index (χ4n) is 1.74. The summed E-state index contributed by atoms with van der Waals surface area (Å²) in [7, 11) is 0. The second-order valence-corrected chi connectivity index (χ2v) is 5.10. The zero-order valence-corrected chi connectivity index (χ0v) is 11.1. The molecule has 0 bridgehead atoms. The smallest absolute Gasteiger partial charge is 0.200 e. The molecule has 0 aliphatic heterocycles. The highest BCUT2D eigenvalue weighted by molar-refractivity contribution is 7.71. The molecule has 0 saturated heterocycles. The third kappa shape index (κ3) is 2.65. The van der Waals surface area contributed by atoms with Gasteiger partial charge in [0, 0.05) is 16.9 Å². The topological polar surface area (TPSA) is 17.8 Å². The largest absolute Gasteiger partial charge is 0.316 e. The summed E-state index contributed by atoms with van der Waals surface area (Å²) in [5.74, 6) is 0. The molecule has 0 spiro atoms. The van der Waals surface area contributed by atoms with Crippen molar-refractivity contribution >= 4 is 12.2 Å². The first-order valence-electron chi connectivity index (χ1n) is 5.52. The molecule has 84 valence electrons. The Bertz CT molecular complexity index is 399. The monoisotopic (exact) mass is 224 g/mol. The van der Waals surface area contributed by atoms with Crippen molar-refractivity contribution in [2.45, 2.75) is 53.0 Å². The van der Waals surface area contributed by atoms with E-state index in [1.807, 2.05) is 0 Å². The number of hydrogen-bond donors (Lipinski definition) is 0. The summed E-state index contributed by atoms with van der Waals surface area (Å²) in [4.78, 5) is 4.44. The van der Waals surface area contributed by atoms with Gasteiger partial charge >= 0.3 is 0 Å². The second-order valence-electron chi connectivity index (χ2n) is 4.73. The molecule has 0 saturated carbocycles. The minimum atomic E-state index is 0.0156. The average Bonchev–Trinajstić information content (AvgIpc) is 2.14. The predicted octanol–water partition coefficient (Wildman–Crippen LogP) is 3.49. The van der Waals surface area contributed by atoms with Gasteiger partial charge in [-0.25, -0.2) is 4.98 Å². The quantitative estimate of drug-likeness (QED) is 0.716.